The van der Waals surface area contributed by atoms with Gasteiger partial charge in [-0.25, -0.2) is 4.79 Å². The monoisotopic (exact) mass is 363 g/mol. The lowest BCUT2D eigenvalue weighted by molar-refractivity contribution is -0.146. The first-order valence-corrected chi connectivity index (χ1v) is 9.15. The number of fused-ring (bicyclic) bond motifs is 2. The van der Waals surface area contributed by atoms with E-state index in [4.69, 9.17) is 4.74 Å². The molecule has 2 N–H and O–H groups in total. The molecule has 4 atom stereocenters. The number of hydrogen-bond donors (Lipinski definition) is 2. The zero-order valence-corrected chi connectivity index (χ0v) is 15.2. The molecule has 7 heteroatoms. The quantitative estimate of drug-likeness (QED) is 0.620. The van der Waals surface area contributed by atoms with Crippen molar-refractivity contribution in [2.75, 3.05) is 11.9 Å². The number of esters is 1. The first kappa shape index (κ1) is 17.7. The van der Waals surface area contributed by atoms with E-state index in [2.05, 4.69) is 5.32 Å². The van der Waals surface area contributed by atoms with Gasteiger partial charge in [0, 0.05) is 4.88 Å². The molecule has 0 aromatic carbocycles. The van der Waals surface area contributed by atoms with Crippen molar-refractivity contribution in [1.29, 1.82) is 0 Å². The highest BCUT2D eigenvalue weighted by atomic mass is 32.1. The zero-order valence-electron chi connectivity index (χ0n) is 14.4. The van der Waals surface area contributed by atoms with Gasteiger partial charge in [0.25, 0.3) is 0 Å². The van der Waals surface area contributed by atoms with Crippen LogP contribution in [0.1, 0.15) is 34.1 Å². The van der Waals surface area contributed by atoms with Crippen LogP contribution in [0.5, 0.6) is 0 Å². The fourth-order valence-electron chi connectivity index (χ4n) is 3.88. The van der Waals surface area contributed by atoms with Gasteiger partial charge in [-0.05, 0) is 44.6 Å². The predicted octanol–water partition coefficient (Wildman–Crippen LogP) is 3.00. The van der Waals surface area contributed by atoms with Crippen molar-refractivity contribution in [3.05, 3.63) is 28.2 Å². The van der Waals surface area contributed by atoms with Crippen molar-refractivity contribution in [1.82, 2.24) is 0 Å². The average molecular weight is 363 g/mol. The van der Waals surface area contributed by atoms with Crippen molar-refractivity contribution < 1.29 is 24.2 Å². The van der Waals surface area contributed by atoms with Gasteiger partial charge in [-0.2, -0.15) is 0 Å². The number of carbonyl (C=O) groups is 3. The van der Waals surface area contributed by atoms with Crippen molar-refractivity contribution in [2.45, 2.75) is 27.2 Å². The van der Waals surface area contributed by atoms with Gasteiger partial charge in [-0.15, -0.1) is 11.3 Å². The number of aliphatic carboxylic acids is 1. The summed E-state index contributed by atoms with van der Waals surface area (Å²) in [6.07, 6.45) is 4.53. The highest BCUT2D eigenvalue weighted by Crippen LogP contribution is 2.48. The van der Waals surface area contributed by atoms with Gasteiger partial charge in [0.05, 0.1) is 24.0 Å². The number of nitrogens with one attached hydrogen (secondary N) is 1. The fraction of sp³-hybridized carbons (Fsp3) is 0.500. The molecule has 1 amide bonds. The largest absolute Gasteiger partial charge is 0.481 e. The van der Waals surface area contributed by atoms with Crippen LogP contribution in [0, 0.1) is 37.5 Å². The van der Waals surface area contributed by atoms with E-state index in [-0.39, 0.29) is 24.3 Å². The van der Waals surface area contributed by atoms with Crippen LogP contribution >= 0.6 is 11.3 Å². The Morgan fingerprint density at radius 3 is 2.48 bits per heavy atom. The number of carbonyl (C=O) groups excluding carboxylic acids is 2. The number of rotatable bonds is 5. The first-order valence-electron chi connectivity index (χ1n) is 8.34. The smallest absolute Gasteiger partial charge is 0.341 e. The van der Waals surface area contributed by atoms with Crippen LogP contribution in [0.4, 0.5) is 5.00 Å². The maximum Gasteiger partial charge on any atom is 0.341 e. The second-order valence-electron chi connectivity index (χ2n) is 6.54. The van der Waals surface area contributed by atoms with Crippen LogP contribution in [0.2, 0.25) is 0 Å². The second-order valence-corrected chi connectivity index (χ2v) is 7.76. The number of ether oxygens (including phenoxy) is 1. The summed E-state index contributed by atoms with van der Waals surface area (Å²) in [4.78, 5) is 37.6. The molecule has 134 valence electrons. The molecule has 6 nitrogen and oxygen atoms in total. The van der Waals surface area contributed by atoms with Gasteiger partial charge >= 0.3 is 11.9 Å². The molecule has 0 spiro atoms. The molecule has 1 heterocycles. The number of aryl methyl sites for hydroxylation is 1. The summed E-state index contributed by atoms with van der Waals surface area (Å²) in [7, 11) is 0. The molecule has 0 radical (unpaired) electrons. The average Bonchev–Trinajstić information content (AvgIpc) is 3.21. The molecule has 1 aromatic rings. The molecule has 3 rings (SSSR count). The molecule has 2 aliphatic rings. The molecule has 2 bridgehead atoms. The van der Waals surface area contributed by atoms with Crippen LogP contribution in [0.3, 0.4) is 0 Å². The Morgan fingerprint density at radius 2 is 1.88 bits per heavy atom. The summed E-state index contributed by atoms with van der Waals surface area (Å²) < 4.78 is 5.09. The molecule has 1 saturated carbocycles. The van der Waals surface area contributed by atoms with Gasteiger partial charge in [0.15, 0.2) is 0 Å². The van der Waals surface area contributed by atoms with Gasteiger partial charge in [-0.3, -0.25) is 9.59 Å². The number of carboxylic acids is 1. The predicted molar refractivity (Wildman–Crippen MR) is 93.7 cm³/mol. The first-order chi connectivity index (χ1) is 11.8. The Bertz CT molecular complexity index is 766. The Hall–Kier alpha value is -2.15. The van der Waals surface area contributed by atoms with E-state index in [0.717, 1.165) is 10.4 Å². The lowest BCUT2D eigenvalue weighted by atomic mass is 9.82. The third kappa shape index (κ3) is 2.97. The van der Waals surface area contributed by atoms with Crippen LogP contribution < -0.4 is 5.32 Å². The number of amides is 1. The Labute approximate surface area is 149 Å². The number of thiophene rings is 1. The zero-order chi connectivity index (χ0) is 18.3. The third-order valence-corrected chi connectivity index (χ3v) is 6.27. The minimum absolute atomic E-state index is 0.0562. The van der Waals surface area contributed by atoms with E-state index in [1.54, 1.807) is 6.92 Å². The molecule has 1 aromatic heterocycles. The molecule has 0 aliphatic heterocycles. The Morgan fingerprint density at radius 1 is 1.24 bits per heavy atom. The summed E-state index contributed by atoms with van der Waals surface area (Å²) in [6, 6.07) is 0. The van der Waals surface area contributed by atoms with Gasteiger partial charge in [0.2, 0.25) is 5.91 Å². The number of anilines is 1. The molecule has 0 saturated heterocycles. The molecule has 25 heavy (non-hydrogen) atoms. The van der Waals surface area contributed by atoms with Crippen LogP contribution in [-0.4, -0.2) is 29.6 Å². The van der Waals surface area contributed by atoms with Crippen LogP contribution in [0.25, 0.3) is 0 Å². The molecule has 2 aliphatic carbocycles. The standard InChI is InChI=1S/C18H21NO5S/c1-4-24-18(23)12-8(2)9(3)25-16(12)19-15(20)13-10-5-6-11(7-10)14(13)17(21)22/h5-6,10-11,13-14H,4,7H2,1-3H3,(H,19,20)(H,21,22)/t10-,11-,13+,14+/m1/s1. The molecule has 0 unspecified atom stereocenters. The lowest BCUT2D eigenvalue weighted by Gasteiger charge is -2.23. The number of allylic oxidation sites excluding steroid dienone is 2. The van der Waals surface area contributed by atoms with E-state index >= 15 is 0 Å². The molecular formula is C18H21NO5S. The number of hydrogen-bond acceptors (Lipinski definition) is 5. The van der Waals surface area contributed by atoms with Crippen molar-refractivity contribution in [3.8, 4) is 0 Å². The van der Waals surface area contributed by atoms with E-state index in [9.17, 15) is 19.5 Å². The highest BCUT2D eigenvalue weighted by molar-refractivity contribution is 7.16. The van der Waals surface area contributed by atoms with Crippen molar-refractivity contribution >= 4 is 34.2 Å². The van der Waals surface area contributed by atoms with E-state index in [0.29, 0.717) is 17.0 Å². The van der Waals surface area contributed by atoms with Gasteiger partial charge in [-0.1, -0.05) is 12.2 Å². The van der Waals surface area contributed by atoms with E-state index in [1.807, 2.05) is 26.0 Å². The van der Waals surface area contributed by atoms with E-state index in [1.165, 1.54) is 11.3 Å². The Balaban J connectivity index is 1.87. The normalized spacial score (nSPS) is 26.7. The van der Waals surface area contributed by atoms with Crippen molar-refractivity contribution in [3.63, 3.8) is 0 Å². The minimum Gasteiger partial charge on any atom is -0.481 e. The summed E-state index contributed by atoms with van der Waals surface area (Å²) >= 11 is 1.31. The number of carboxylic acid groups (broad SMARTS) is 1. The van der Waals surface area contributed by atoms with E-state index < -0.39 is 23.8 Å². The summed E-state index contributed by atoms with van der Waals surface area (Å²) in [5.41, 5.74) is 1.14. The SMILES string of the molecule is CCOC(=O)c1c(NC(=O)[C@@H]2[C@@H](C(=O)O)[C@@H]3C=C[C@@H]2C3)sc(C)c1C. The van der Waals surface area contributed by atoms with Crippen molar-refractivity contribution in [2.24, 2.45) is 23.7 Å². The van der Waals surface area contributed by atoms with Crippen LogP contribution in [0.15, 0.2) is 12.2 Å². The molecule has 1 fully saturated rings. The maximum absolute atomic E-state index is 12.8. The summed E-state index contributed by atoms with van der Waals surface area (Å²) in [6.45, 7) is 5.66. The topological polar surface area (TPSA) is 92.7 Å². The maximum atomic E-state index is 12.8. The Kier molecular flexibility index (Phi) is 4.69. The molecular weight excluding hydrogens is 342 g/mol. The second kappa shape index (κ2) is 6.63. The third-order valence-electron chi connectivity index (χ3n) is 5.15. The lowest BCUT2D eigenvalue weighted by Crippen LogP contribution is -2.36. The highest BCUT2D eigenvalue weighted by Gasteiger charge is 2.51. The summed E-state index contributed by atoms with van der Waals surface area (Å²) in [5.74, 6) is -3.21. The summed E-state index contributed by atoms with van der Waals surface area (Å²) in [5, 5.41) is 12.7. The fourth-order valence-corrected chi connectivity index (χ4v) is 4.93. The van der Waals surface area contributed by atoms with Gasteiger partial charge in [0.1, 0.15) is 5.00 Å². The van der Waals surface area contributed by atoms with Gasteiger partial charge < -0.3 is 15.2 Å². The van der Waals surface area contributed by atoms with Crippen LogP contribution in [-0.2, 0) is 14.3 Å². The minimum atomic E-state index is -0.943.